The van der Waals surface area contributed by atoms with Crippen LogP contribution in [-0.2, 0) is 18.4 Å². The summed E-state index contributed by atoms with van der Waals surface area (Å²) in [5, 5.41) is 2.62. The number of aromatic nitrogens is 2. The molecule has 238 valence electrons. The average Bonchev–Trinajstić information content (AvgIpc) is 3.14. The van der Waals surface area contributed by atoms with Crippen LogP contribution in [0.1, 0.15) is 68.7 Å². The van der Waals surface area contributed by atoms with Crippen molar-refractivity contribution in [2.24, 2.45) is 0 Å². The molecule has 7 rings (SSSR count). The van der Waals surface area contributed by atoms with Crippen LogP contribution in [0.15, 0.2) is 134 Å². The van der Waals surface area contributed by atoms with Gasteiger partial charge < -0.3 is 0 Å². The Labute approximate surface area is 286 Å². The summed E-state index contributed by atoms with van der Waals surface area (Å²) in [6.45, 7) is 11.6. The van der Waals surface area contributed by atoms with Crippen LogP contribution in [0.3, 0.4) is 0 Å². The van der Waals surface area contributed by atoms with Crippen molar-refractivity contribution in [3.63, 3.8) is 0 Å². The van der Waals surface area contributed by atoms with E-state index in [1.807, 2.05) is 6.08 Å². The van der Waals surface area contributed by atoms with E-state index in [4.69, 9.17) is 0 Å². The van der Waals surface area contributed by atoms with E-state index in [1.165, 1.54) is 73.9 Å². The molecule has 0 radical (unpaired) electrons. The summed E-state index contributed by atoms with van der Waals surface area (Å²) in [5.74, 6) is 0. The summed E-state index contributed by atoms with van der Waals surface area (Å²) >= 11 is 0. The molecule has 0 atom stereocenters. The zero-order valence-corrected chi connectivity index (χ0v) is 28.6. The monoisotopic (exact) mass is 626 g/mol. The maximum atomic E-state index is 3.94. The Morgan fingerprint density at radius 3 is 2.33 bits per heavy atom. The first-order valence-electron chi connectivity index (χ1n) is 17.7. The maximum Gasteiger partial charge on any atom is 0.220 e. The van der Waals surface area contributed by atoms with Crippen molar-refractivity contribution in [3.05, 3.63) is 156 Å². The molecule has 2 aromatic heterocycles. The topological polar surface area (TPSA) is 7.76 Å². The number of fused-ring (bicyclic) bond motifs is 8. The van der Waals surface area contributed by atoms with Gasteiger partial charge in [-0.25, -0.2) is 0 Å². The third-order valence-corrected chi connectivity index (χ3v) is 10.5. The van der Waals surface area contributed by atoms with E-state index < -0.39 is 0 Å². The highest BCUT2D eigenvalue weighted by Crippen LogP contribution is 2.41. The van der Waals surface area contributed by atoms with Gasteiger partial charge in [-0.15, -0.1) is 0 Å². The maximum absolute atomic E-state index is 3.94. The molecule has 4 aromatic carbocycles. The zero-order chi connectivity index (χ0) is 33.1. The molecule has 0 saturated carbocycles. The Balaban J connectivity index is 1.52. The zero-order valence-electron chi connectivity index (χ0n) is 28.6. The van der Waals surface area contributed by atoms with Crippen molar-refractivity contribution in [1.29, 1.82) is 0 Å². The van der Waals surface area contributed by atoms with Crippen molar-refractivity contribution < 1.29 is 9.13 Å². The van der Waals surface area contributed by atoms with Crippen LogP contribution in [0.4, 0.5) is 0 Å². The summed E-state index contributed by atoms with van der Waals surface area (Å²) in [6.07, 6.45) is 16.8. The molecule has 48 heavy (non-hydrogen) atoms. The van der Waals surface area contributed by atoms with Crippen molar-refractivity contribution in [2.75, 3.05) is 0 Å². The molecule has 0 fully saturated rings. The number of nitrogens with zero attached hydrogens (tertiary/aromatic N) is 2. The van der Waals surface area contributed by atoms with Gasteiger partial charge in [0.1, 0.15) is 0 Å². The van der Waals surface area contributed by atoms with Gasteiger partial charge in [0.05, 0.1) is 16.5 Å². The summed E-state index contributed by atoms with van der Waals surface area (Å²) in [6, 6.07) is 40.9. The van der Waals surface area contributed by atoms with E-state index in [0.29, 0.717) is 0 Å². The van der Waals surface area contributed by atoms with Crippen LogP contribution in [0.25, 0.3) is 56.7 Å². The number of hydrogen-bond donors (Lipinski definition) is 0. The standard InChI is InChI=1S/C46H46N2/c1-5-9-14-35-20-25-40-38(31-35)26-29-48-33-39-24-23-37(36-21-18-34(6-2)19-22-36)32-42(39)44-17-12-13-28-47(44)30-27-46(7-3,8-4)43-16-11-10-15-41(43)45(40)48/h6,10-13,15-32H,2,5,7-9,14,33H2,1,3-4H3/q+2. The lowest BCUT2D eigenvalue weighted by Crippen LogP contribution is -2.39. The van der Waals surface area contributed by atoms with Crippen LogP contribution >= 0.6 is 0 Å². The van der Waals surface area contributed by atoms with Crippen molar-refractivity contribution in [1.82, 2.24) is 0 Å². The van der Waals surface area contributed by atoms with Gasteiger partial charge in [0.25, 0.3) is 0 Å². The van der Waals surface area contributed by atoms with E-state index in [0.717, 1.165) is 31.4 Å². The van der Waals surface area contributed by atoms with Gasteiger partial charge in [-0.1, -0.05) is 107 Å². The first kappa shape index (κ1) is 31.5. The Bertz CT molecular complexity index is 2130. The third-order valence-electron chi connectivity index (χ3n) is 10.5. The molecule has 2 nitrogen and oxygen atoms in total. The third kappa shape index (κ3) is 5.81. The molecule has 0 bridgehead atoms. The Kier molecular flexibility index (Phi) is 8.91. The van der Waals surface area contributed by atoms with Crippen LogP contribution in [0.5, 0.6) is 0 Å². The largest absolute Gasteiger partial charge is 0.220 e. The van der Waals surface area contributed by atoms with E-state index in [1.54, 1.807) is 0 Å². The Morgan fingerprint density at radius 1 is 0.750 bits per heavy atom. The van der Waals surface area contributed by atoms with Crippen molar-refractivity contribution in [2.45, 2.75) is 64.8 Å². The first-order valence-corrected chi connectivity index (χ1v) is 17.7. The molecule has 1 aliphatic heterocycles. The van der Waals surface area contributed by atoms with Crippen LogP contribution in [-0.4, -0.2) is 0 Å². The molecule has 3 heterocycles. The molecule has 0 spiro atoms. The fraction of sp³-hybridized carbons (Fsp3) is 0.217. The van der Waals surface area contributed by atoms with Gasteiger partial charge in [-0.2, -0.15) is 9.13 Å². The van der Waals surface area contributed by atoms with Gasteiger partial charge >= 0.3 is 0 Å². The van der Waals surface area contributed by atoms with Gasteiger partial charge in [-0.3, -0.25) is 0 Å². The highest BCUT2D eigenvalue weighted by molar-refractivity contribution is 5.94. The number of pyridine rings is 2. The Hall–Kier alpha value is -5.08. The van der Waals surface area contributed by atoms with Gasteiger partial charge in [-0.05, 0) is 89.2 Å². The lowest BCUT2D eigenvalue weighted by atomic mass is 9.73. The second kappa shape index (κ2) is 13.6. The quantitative estimate of drug-likeness (QED) is 0.156. The fourth-order valence-corrected chi connectivity index (χ4v) is 7.58. The second-order valence-corrected chi connectivity index (χ2v) is 13.2. The molecule has 6 aromatic rings. The minimum atomic E-state index is -0.130. The summed E-state index contributed by atoms with van der Waals surface area (Å²) in [7, 11) is 0. The number of rotatable bonds is 7. The predicted octanol–water partition coefficient (Wildman–Crippen LogP) is 11.0. The molecule has 2 heteroatoms. The molecule has 0 amide bonds. The lowest BCUT2D eigenvalue weighted by molar-refractivity contribution is -0.676. The molecular weight excluding hydrogens is 581 g/mol. The van der Waals surface area contributed by atoms with Gasteiger partial charge in [0.2, 0.25) is 11.4 Å². The minimum absolute atomic E-state index is 0.130. The summed E-state index contributed by atoms with van der Waals surface area (Å²) < 4.78 is 4.82. The summed E-state index contributed by atoms with van der Waals surface area (Å²) in [5.41, 5.74) is 12.5. The molecule has 1 aliphatic rings. The Morgan fingerprint density at radius 2 is 1.54 bits per heavy atom. The van der Waals surface area contributed by atoms with Crippen LogP contribution < -0.4 is 9.13 Å². The summed E-state index contributed by atoms with van der Waals surface area (Å²) in [4.78, 5) is 0. The molecule has 0 N–H and O–H groups in total. The fourth-order valence-electron chi connectivity index (χ4n) is 7.58. The molecule has 0 unspecified atom stereocenters. The highest BCUT2D eigenvalue weighted by Gasteiger charge is 2.33. The minimum Gasteiger partial charge on any atom is -0.193 e. The van der Waals surface area contributed by atoms with Crippen molar-refractivity contribution >= 4 is 23.0 Å². The van der Waals surface area contributed by atoms with E-state index >= 15 is 0 Å². The average molecular weight is 627 g/mol. The van der Waals surface area contributed by atoms with Gasteiger partial charge in [0, 0.05) is 29.2 Å². The highest BCUT2D eigenvalue weighted by atomic mass is 15.0. The number of allylic oxidation sites excluding steroid dienone is 1. The normalized spacial score (nSPS) is 13.4. The van der Waals surface area contributed by atoms with Gasteiger partial charge in [0.15, 0.2) is 25.1 Å². The number of unbranched alkanes of at least 4 members (excludes halogenated alkanes) is 1. The number of benzene rings is 4. The lowest BCUT2D eigenvalue weighted by Gasteiger charge is -2.30. The van der Waals surface area contributed by atoms with Crippen molar-refractivity contribution in [3.8, 4) is 33.6 Å². The van der Waals surface area contributed by atoms with Crippen LogP contribution in [0.2, 0.25) is 0 Å². The second-order valence-electron chi connectivity index (χ2n) is 13.2. The number of hydrogen-bond acceptors (Lipinski definition) is 0. The SMILES string of the molecule is C=Cc1ccc(-c2ccc3c(c2)-c2cccc[n+]2C=CC(CC)(CC)c2ccccc2-c2c4ccc(CCCC)cc4cc[n+]2C3)cc1. The molecular formula is C46H46N2+2. The smallest absolute Gasteiger partial charge is 0.193 e. The molecule has 0 aliphatic carbocycles. The first-order chi connectivity index (χ1) is 23.6. The van der Waals surface area contributed by atoms with E-state index in [-0.39, 0.29) is 5.41 Å². The molecule has 0 saturated heterocycles. The van der Waals surface area contributed by atoms with Crippen LogP contribution in [0, 0.1) is 0 Å². The van der Waals surface area contributed by atoms with E-state index in [9.17, 15) is 0 Å². The predicted molar refractivity (Wildman–Crippen MR) is 202 cm³/mol. The number of aryl methyl sites for hydroxylation is 1. The van der Waals surface area contributed by atoms with E-state index in [2.05, 4.69) is 170 Å².